The molecule has 10 heteroatoms. The molecule has 1 aromatic heterocycles. The van der Waals surface area contributed by atoms with E-state index in [1.807, 2.05) is 27.0 Å². The largest absolute Gasteiger partial charge is 0.444 e. The Hall–Kier alpha value is -3.32. The van der Waals surface area contributed by atoms with Crippen LogP contribution in [0.5, 0.6) is 0 Å². The highest BCUT2D eigenvalue weighted by atomic mass is 32.2. The molecule has 2 aromatic rings. The molecule has 4 heterocycles. The van der Waals surface area contributed by atoms with Gasteiger partial charge in [-0.1, -0.05) is 30.0 Å². The lowest BCUT2D eigenvalue weighted by molar-refractivity contribution is -0.0266. The van der Waals surface area contributed by atoms with Gasteiger partial charge in [-0.3, -0.25) is 4.99 Å². The summed E-state index contributed by atoms with van der Waals surface area (Å²) >= 11 is 1.59. The number of benzene rings is 1. The molecule has 0 radical (unpaired) electrons. The highest BCUT2D eigenvalue weighted by Gasteiger charge is 2.51. The first kappa shape index (κ1) is 27.3. The summed E-state index contributed by atoms with van der Waals surface area (Å²) in [6.07, 6.45) is 3.24. The number of amidine groups is 1. The summed E-state index contributed by atoms with van der Waals surface area (Å²) in [5.41, 5.74) is 2.69. The van der Waals surface area contributed by atoms with E-state index in [1.165, 1.54) is 6.07 Å². The zero-order valence-electron chi connectivity index (χ0n) is 23.3. The van der Waals surface area contributed by atoms with Crippen molar-refractivity contribution in [2.45, 2.75) is 45.8 Å². The predicted octanol–water partition coefficient (Wildman–Crippen LogP) is 4.91. The number of hydrogen-bond donors (Lipinski definition) is 0. The number of aliphatic imine (C=N–C) groups is 1. The summed E-state index contributed by atoms with van der Waals surface area (Å²) in [7, 11) is 1.78. The van der Waals surface area contributed by atoms with Crippen molar-refractivity contribution in [3.8, 4) is 17.2 Å². The van der Waals surface area contributed by atoms with Crippen molar-refractivity contribution in [2.75, 3.05) is 50.9 Å². The van der Waals surface area contributed by atoms with Crippen molar-refractivity contribution in [3.63, 3.8) is 0 Å². The average Bonchev–Trinajstić information content (AvgIpc) is 3.33. The van der Waals surface area contributed by atoms with Gasteiger partial charge in [-0.15, -0.1) is 0 Å². The quantitative estimate of drug-likeness (QED) is 0.388. The number of aromatic nitrogens is 1. The number of carbonyl (C=O) groups is 1. The fraction of sp³-hybridized carbons (Fsp3) is 0.517. The van der Waals surface area contributed by atoms with Crippen LogP contribution >= 0.6 is 11.8 Å². The second kappa shape index (κ2) is 10.3. The second-order valence-corrected chi connectivity index (χ2v) is 12.4. The van der Waals surface area contributed by atoms with Gasteiger partial charge in [-0.2, -0.15) is 5.26 Å². The Morgan fingerprint density at radius 2 is 1.95 bits per heavy atom. The van der Waals surface area contributed by atoms with Crippen LogP contribution < -0.4 is 4.90 Å². The van der Waals surface area contributed by atoms with Crippen LogP contribution in [0.25, 0.3) is 11.1 Å². The van der Waals surface area contributed by atoms with E-state index in [-0.39, 0.29) is 17.3 Å². The second-order valence-electron chi connectivity index (χ2n) is 11.6. The lowest BCUT2D eigenvalue weighted by Crippen LogP contribution is -2.60. The first-order chi connectivity index (χ1) is 18.6. The van der Waals surface area contributed by atoms with Gasteiger partial charge in [0.25, 0.3) is 0 Å². The van der Waals surface area contributed by atoms with Crippen LogP contribution in [-0.4, -0.2) is 77.7 Å². The van der Waals surface area contributed by atoms with Crippen LogP contribution in [0.1, 0.15) is 44.0 Å². The lowest BCUT2D eigenvalue weighted by Gasteiger charge is -2.47. The van der Waals surface area contributed by atoms with Crippen LogP contribution in [0.2, 0.25) is 0 Å². The molecular weight excluding hydrogens is 515 g/mol. The number of halogens is 1. The van der Waals surface area contributed by atoms with E-state index in [1.54, 1.807) is 41.9 Å². The molecule has 1 amide bonds. The third-order valence-electron chi connectivity index (χ3n) is 7.68. The molecule has 0 unspecified atom stereocenters. The minimum Gasteiger partial charge on any atom is -0.444 e. The molecule has 5 rings (SSSR count). The van der Waals surface area contributed by atoms with Gasteiger partial charge in [-0.25, -0.2) is 14.2 Å². The molecule has 0 atom stereocenters. The van der Waals surface area contributed by atoms with E-state index in [9.17, 15) is 10.1 Å². The highest BCUT2D eigenvalue weighted by Crippen LogP contribution is 2.44. The molecule has 0 saturated carbocycles. The molecule has 8 nitrogen and oxygen atoms in total. The number of pyridine rings is 1. The van der Waals surface area contributed by atoms with Gasteiger partial charge < -0.3 is 19.4 Å². The molecular formula is C29H35FN6O2S. The number of hydrogen-bond acceptors (Lipinski definition) is 7. The van der Waals surface area contributed by atoms with Crippen LogP contribution in [0.15, 0.2) is 29.3 Å². The van der Waals surface area contributed by atoms with Crippen molar-refractivity contribution in [2.24, 2.45) is 10.4 Å². The third kappa shape index (κ3) is 5.17. The Kier molecular flexibility index (Phi) is 7.23. The van der Waals surface area contributed by atoms with Crippen molar-refractivity contribution in [3.05, 3.63) is 46.9 Å². The normalized spacial score (nSPS) is 18.6. The zero-order valence-corrected chi connectivity index (χ0v) is 24.1. The standard InChI is InChI=1S/C29H35FN6O2S/c1-28(2,3)38-27(37)36-17-29(18-36)11-13-35(16-29)25-21(14-31)24(19-8-6-7-9-22(19)30)20-10-12-34(15-23(20)33-25)26(32-4)39-5/h6-9H,10-13,15-18H2,1-5H3/b32-26-. The monoisotopic (exact) mass is 550 g/mol. The van der Waals surface area contributed by atoms with Gasteiger partial charge in [-0.05, 0) is 51.5 Å². The summed E-state index contributed by atoms with van der Waals surface area (Å²) in [6.45, 7) is 9.50. The van der Waals surface area contributed by atoms with Crippen LogP contribution in [0.4, 0.5) is 15.0 Å². The van der Waals surface area contributed by atoms with Crippen LogP contribution in [0.3, 0.4) is 0 Å². The number of likely N-dealkylation sites (tertiary alicyclic amines) is 1. The van der Waals surface area contributed by atoms with Gasteiger partial charge in [0.05, 0.1) is 12.2 Å². The first-order valence-corrected chi connectivity index (χ1v) is 14.5. The number of fused-ring (bicyclic) bond motifs is 1. The maximum Gasteiger partial charge on any atom is 0.410 e. The van der Waals surface area contributed by atoms with Crippen molar-refractivity contribution >= 4 is 28.8 Å². The average molecular weight is 551 g/mol. The highest BCUT2D eigenvalue weighted by molar-refractivity contribution is 8.13. The van der Waals surface area contributed by atoms with Gasteiger partial charge in [0.15, 0.2) is 5.17 Å². The fourth-order valence-electron chi connectivity index (χ4n) is 5.98. The zero-order chi connectivity index (χ0) is 27.9. The molecule has 3 aliphatic rings. The molecule has 0 aliphatic carbocycles. The van der Waals surface area contributed by atoms with Crippen molar-refractivity contribution in [1.82, 2.24) is 14.8 Å². The van der Waals surface area contributed by atoms with Gasteiger partial charge in [0, 0.05) is 56.3 Å². The van der Waals surface area contributed by atoms with Gasteiger partial charge in [0.1, 0.15) is 28.9 Å². The fourth-order valence-corrected chi connectivity index (χ4v) is 6.58. The number of ether oxygens (including phenoxy) is 1. The molecule has 2 saturated heterocycles. The number of thioether (sulfide) groups is 1. The number of carbonyl (C=O) groups excluding carboxylic acids is 1. The maximum atomic E-state index is 15.2. The number of amides is 1. The van der Waals surface area contributed by atoms with Crippen molar-refractivity contribution in [1.29, 1.82) is 5.26 Å². The molecule has 206 valence electrons. The lowest BCUT2D eigenvalue weighted by atomic mass is 9.79. The Balaban J connectivity index is 1.50. The third-order valence-corrected chi connectivity index (χ3v) is 8.48. The SMILES string of the molecule is C/N=C(\SC)N1CCc2c(nc(N3CCC4(CN(C(=O)OC(C)(C)C)C4)C3)c(C#N)c2-c2ccccc2F)C1. The summed E-state index contributed by atoms with van der Waals surface area (Å²) in [5.74, 6) is 0.253. The van der Waals surface area contributed by atoms with Crippen LogP contribution in [0, 0.1) is 22.6 Å². The van der Waals surface area contributed by atoms with Gasteiger partial charge in [0.2, 0.25) is 0 Å². The van der Waals surface area contributed by atoms with E-state index < -0.39 is 5.60 Å². The Morgan fingerprint density at radius 1 is 1.21 bits per heavy atom. The number of anilines is 1. The molecule has 0 N–H and O–H groups in total. The molecule has 1 aromatic carbocycles. The topological polar surface area (TPSA) is 85.1 Å². The van der Waals surface area contributed by atoms with E-state index in [0.717, 1.165) is 35.9 Å². The minimum absolute atomic E-state index is 0.0632. The summed E-state index contributed by atoms with van der Waals surface area (Å²) < 4.78 is 20.7. The maximum absolute atomic E-state index is 15.2. The molecule has 3 aliphatic heterocycles. The summed E-state index contributed by atoms with van der Waals surface area (Å²) in [4.78, 5) is 28.1. The van der Waals surface area contributed by atoms with E-state index >= 15 is 4.39 Å². The smallest absolute Gasteiger partial charge is 0.410 e. The number of nitrogens with zero attached hydrogens (tertiary/aromatic N) is 6. The van der Waals surface area contributed by atoms with E-state index in [2.05, 4.69) is 20.9 Å². The number of rotatable bonds is 2. The van der Waals surface area contributed by atoms with Gasteiger partial charge >= 0.3 is 6.09 Å². The number of nitriles is 1. The van der Waals surface area contributed by atoms with Crippen LogP contribution in [-0.2, 0) is 17.7 Å². The first-order valence-electron chi connectivity index (χ1n) is 13.3. The minimum atomic E-state index is -0.536. The van der Waals surface area contributed by atoms with Crippen molar-refractivity contribution < 1.29 is 13.9 Å². The Bertz CT molecular complexity index is 1360. The molecule has 2 fully saturated rings. The summed E-state index contributed by atoms with van der Waals surface area (Å²) in [5, 5.41) is 11.3. The van der Waals surface area contributed by atoms with E-state index in [0.29, 0.717) is 55.1 Å². The Labute approximate surface area is 233 Å². The predicted molar refractivity (Wildman–Crippen MR) is 152 cm³/mol. The molecule has 0 bridgehead atoms. The Morgan fingerprint density at radius 3 is 2.59 bits per heavy atom. The summed E-state index contributed by atoms with van der Waals surface area (Å²) in [6, 6.07) is 9.06. The van der Waals surface area contributed by atoms with E-state index in [4.69, 9.17) is 9.72 Å². The molecule has 39 heavy (non-hydrogen) atoms. The molecule has 1 spiro atoms.